The highest BCUT2D eigenvalue weighted by Crippen LogP contribution is 2.04. The van der Waals surface area contributed by atoms with Gasteiger partial charge in [-0.25, -0.2) is 9.97 Å². The highest BCUT2D eigenvalue weighted by Gasteiger charge is 2.12. The van der Waals surface area contributed by atoms with Gasteiger partial charge in [0.1, 0.15) is 5.69 Å². The van der Waals surface area contributed by atoms with Crippen LogP contribution in [-0.2, 0) is 6.54 Å². The maximum atomic E-state index is 11.9. The Labute approximate surface area is 98.7 Å². The summed E-state index contributed by atoms with van der Waals surface area (Å²) in [5.41, 5.74) is 1.30. The number of anilines is 1. The maximum Gasteiger partial charge on any atom is 0.276 e. The quantitative estimate of drug-likeness (QED) is 0.862. The monoisotopic (exact) mass is 231 g/mol. The van der Waals surface area contributed by atoms with E-state index in [4.69, 9.17) is 0 Å². The summed E-state index contributed by atoms with van der Waals surface area (Å²) in [5, 5.41) is 6.67. The lowest BCUT2D eigenvalue weighted by Crippen LogP contribution is -2.18. The lowest BCUT2D eigenvalue weighted by atomic mass is 10.4. The number of hydrogen-bond acceptors (Lipinski definition) is 4. The van der Waals surface area contributed by atoms with Gasteiger partial charge in [0.05, 0.1) is 0 Å². The van der Waals surface area contributed by atoms with Crippen LogP contribution in [0.2, 0.25) is 0 Å². The summed E-state index contributed by atoms with van der Waals surface area (Å²) in [4.78, 5) is 20.0. The molecule has 0 radical (unpaired) electrons. The average Bonchev–Trinajstić information content (AvgIpc) is 2.77. The summed E-state index contributed by atoms with van der Waals surface area (Å²) in [6, 6.07) is 3.43. The van der Waals surface area contributed by atoms with Crippen molar-refractivity contribution in [2.45, 2.75) is 20.4 Å². The second-order valence-electron chi connectivity index (χ2n) is 3.51. The van der Waals surface area contributed by atoms with Gasteiger partial charge < -0.3 is 0 Å². The molecule has 1 amide bonds. The molecule has 0 saturated heterocycles. The second kappa shape index (κ2) is 4.73. The number of carbonyl (C=O) groups excluding carboxylic acids is 1. The molecule has 6 heteroatoms. The zero-order valence-electron chi connectivity index (χ0n) is 9.71. The van der Waals surface area contributed by atoms with Crippen LogP contribution in [0.15, 0.2) is 24.5 Å². The van der Waals surface area contributed by atoms with E-state index in [2.05, 4.69) is 20.4 Å². The van der Waals surface area contributed by atoms with Gasteiger partial charge in [0.15, 0.2) is 0 Å². The number of aromatic nitrogens is 4. The molecule has 17 heavy (non-hydrogen) atoms. The third-order valence-corrected chi connectivity index (χ3v) is 2.27. The molecule has 0 aromatic carbocycles. The van der Waals surface area contributed by atoms with Gasteiger partial charge in [-0.1, -0.05) is 0 Å². The van der Waals surface area contributed by atoms with Crippen molar-refractivity contribution < 1.29 is 4.79 Å². The number of aryl methyl sites for hydroxylation is 2. The smallest absolute Gasteiger partial charge is 0.276 e. The van der Waals surface area contributed by atoms with Gasteiger partial charge in [-0.15, -0.1) is 0 Å². The molecule has 0 aliphatic rings. The summed E-state index contributed by atoms with van der Waals surface area (Å²) in [6.45, 7) is 4.41. The molecular weight excluding hydrogens is 218 g/mol. The number of amides is 1. The number of nitrogens with zero attached hydrogens (tertiary/aromatic N) is 4. The largest absolute Gasteiger partial charge is 0.289 e. The number of carbonyl (C=O) groups is 1. The van der Waals surface area contributed by atoms with Crippen molar-refractivity contribution in [3.8, 4) is 0 Å². The lowest BCUT2D eigenvalue weighted by Gasteiger charge is -2.05. The van der Waals surface area contributed by atoms with E-state index in [0.29, 0.717) is 18.2 Å². The Morgan fingerprint density at radius 3 is 2.94 bits per heavy atom. The molecule has 0 aliphatic heterocycles. The molecule has 6 nitrogen and oxygen atoms in total. The van der Waals surface area contributed by atoms with Gasteiger partial charge in [-0.05, 0) is 26.0 Å². The Bertz CT molecular complexity index is 534. The predicted molar refractivity (Wildman–Crippen MR) is 62.6 cm³/mol. The minimum Gasteiger partial charge on any atom is -0.289 e. The Morgan fingerprint density at radius 1 is 1.41 bits per heavy atom. The van der Waals surface area contributed by atoms with Crippen molar-refractivity contribution in [2.24, 2.45) is 0 Å². The summed E-state index contributed by atoms with van der Waals surface area (Å²) >= 11 is 0. The molecule has 0 aliphatic carbocycles. The molecule has 2 aromatic heterocycles. The lowest BCUT2D eigenvalue weighted by molar-refractivity contribution is 0.101. The molecule has 0 spiro atoms. The number of hydrogen-bond donors (Lipinski definition) is 1. The number of nitrogens with one attached hydrogen (secondary N) is 1. The van der Waals surface area contributed by atoms with Crippen LogP contribution in [0, 0.1) is 6.92 Å². The topological polar surface area (TPSA) is 72.7 Å². The van der Waals surface area contributed by atoms with Crippen LogP contribution in [0.25, 0.3) is 0 Å². The van der Waals surface area contributed by atoms with Gasteiger partial charge in [0.25, 0.3) is 5.91 Å². The van der Waals surface area contributed by atoms with Gasteiger partial charge in [0.2, 0.25) is 5.95 Å². The van der Waals surface area contributed by atoms with Crippen LogP contribution in [0.1, 0.15) is 23.1 Å². The fourth-order valence-corrected chi connectivity index (χ4v) is 1.45. The van der Waals surface area contributed by atoms with Crippen LogP contribution >= 0.6 is 0 Å². The van der Waals surface area contributed by atoms with Gasteiger partial charge >= 0.3 is 0 Å². The van der Waals surface area contributed by atoms with E-state index in [0.717, 1.165) is 5.69 Å². The zero-order chi connectivity index (χ0) is 12.3. The van der Waals surface area contributed by atoms with Crippen LogP contribution < -0.4 is 5.32 Å². The molecule has 0 bridgehead atoms. The molecule has 0 saturated carbocycles. The van der Waals surface area contributed by atoms with Crippen molar-refractivity contribution in [1.29, 1.82) is 0 Å². The summed E-state index contributed by atoms with van der Waals surface area (Å²) in [6.07, 6.45) is 3.20. The zero-order valence-corrected chi connectivity index (χ0v) is 9.71. The maximum absolute atomic E-state index is 11.9. The average molecular weight is 231 g/mol. The Balaban J connectivity index is 2.17. The summed E-state index contributed by atoms with van der Waals surface area (Å²) < 4.78 is 1.62. The summed E-state index contributed by atoms with van der Waals surface area (Å²) in [5.74, 6) is 0.0498. The normalized spacial score (nSPS) is 10.2. The van der Waals surface area contributed by atoms with Gasteiger partial charge in [-0.2, -0.15) is 5.10 Å². The third kappa shape index (κ3) is 2.47. The second-order valence-corrected chi connectivity index (χ2v) is 3.51. The standard InChI is InChI=1S/C11H13N5O/c1-3-16-9(5-7-13-16)10(17)15-11-12-6-4-8(2)14-11/h4-7H,3H2,1-2H3,(H,12,14,15,17). The molecule has 2 rings (SSSR count). The Morgan fingerprint density at radius 2 is 2.24 bits per heavy atom. The molecular formula is C11H13N5O. The Kier molecular flexibility index (Phi) is 3.13. The SMILES string of the molecule is CCn1nccc1C(=O)Nc1nccc(C)n1. The van der Waals surface area contributed by atoms with Crippen molar-refractivity contribution in [3.63, 3.8) is 0 Å². The fourth-order valence-electron chi connectivity index (χ4n) is 1.45. The molecule has 0 fully saturated rings. The predicted octanol–water partition coefficient (Wildman–Crippen LogP) is 1.25. The highest BCUT2D eigenvalue weighted by molar-refractivity contribution is 6.01. The number of rotatable bonds is 3. The first kappa shape index (κ1) is 11.3. The fraction of sp³-hybridized carbons (Fsp3) is 0.273. The van der Waals surface area contributed by atoms with Crippen molar-refractivity contribution >= 4 is 11.9 Å². The highest BCUT2D eigenvalue weighted by atomic mass is 16.2. The van der Waals surface area contributed by atoms with Crippen LogP contribution in [-0.4, -0.2) is 25.7 Å². The van der Waals surface area contributed by atoms with Gasteiger partial charge in [0, 0.05) is 24.6 Å². The van der Waals surface area contributed by atoms with E-state index < -0.39 is 0 Å². The minimum atomic E-state index is -0.255. The van der Waals surface area contributed by atoms with E-state index in [1.807, 2.05) is 13.8 Å². The Hall–Kier alpha value is -2.24. The molecule has 1 N–H and O–H groups in total. The molecule has 0 unspecified atom stereocenters. The summed E-state index contributed by atoms with van der Waals surface area (Å²) in [7, 11) is 0. The van der Waals surface area contributed by atoms with Crippen molar-refractivity contribution in [3.05, 3.63) is 35.9 Å². The van der Waals surface area contributed by atoms with Crippen LogP contribution in [0.3, 0.4) is 0 Å². The van der Waals surface area contributed by atoms with E-state index in [1.54, 1.807) is 29.2 Å². The van der Waals surface area contributed by atoms with Crippen LogP contribution in [0.5, 0.6) is 0 Å². The van der Waals surface area contributed by atoms with Gasteiger partial charge in [-0.3, -0.25) is 14.8 Å². The molecule has 2 aromatic rings. The van der Waals surface area contributed by atoms with Crippen molar-refractivity contribution in [2.75, 3.05) is 5.32 Å². The van der Waals surface area contributed by atoms with Crippen molar-refractivity contribution in [1.82, 2.24) is 19.7 Å². The first-order valence-corrected chi connectivity index (χ1v) is 5.33. The van der Waals surface area contributed by atoms with Crippen LogP contribution in [0.4, 0.5) is 5.95 Å². The first-order chi connectivity index (χ1) is 8.20. The van der Waals surface area contributed by atoms with E-state index in [1.165, 1.54) is 0 Å². The third-order valence-electron chi connectivity index (χ3n) is 2.27. The van der Waals surface area contributed by atoms with E-state index >= 15 is 0 Å². The first-order valence-electron chi connectivity index (χ1n) is 5.33. The molecule has 2 heterocycles. The van der Waals surface area contributed by atoms with E-state index in [9.17, 15) is 4.79 Å². The minimum absolute atomic E-state index is 0.255. The van der Waals surface area contributed by atoms with E-state index in [-0.39, 0.29) is 5.91 Å². The molecule has 88 valence electrons. The molecule has 0 atom stereocenters.